The van der Waals surface area contributed by atoms with Gasteiger partial charge in [0.1, 0.15) is 11.5 Å². The first-order valence-electron chi connectivity index (χ1n) is 7.49. The number of nitrogens with two attached hydrogens (primary N) is 1. The zero-order valence-electron chi connectivity index (χ0n) is 12.2. The van der Waals surface area contributed by atoms with E-state index in [0.717, 1.165) is 12.8 Å². The lowest BCUT2D eigenvalue weighted by Crippen LogP contribution is -2.55. The Bertz CT molecular complexity index is 536. The predicted octanol–water partition coefficient (Wildman–Crippen LogP) is 2.06. The van der Waals surface area contributed by atoms with Crippen molar-refractivity contribution in [1.29, 1.82) is 0 Å². The topological polar surface area (TPSA) is 71.2 Å². The fourth-order valence-electron chi connectivity index (χ4n) is 3.60. The molecule has 2 aliphatic heterocycles. The van der Waals surface area contributed by atoms with Crippen LogP contribution in [0.15, 0.2) is 12.1 Å². The number of rotatable bonds is 2. The lowest BCUT2D eigenvalue weighted by Gasteiger charge is -2.47. The summed E-state index contributed by atoms with van der Waals surface area (Å²) < 4.78 is 0. The number of nitrogen functional groups attached to an aromatic ring is 1. The molecule has 3 heterocycles. The van der Waals surface area contributed by atoms with Crippen molar-refractivity contribution in [2.45, 2.75) is 50.2 Å². The van der Waals surface area contributed by atoms with Crippen molar-refractivity contribution in [2.75, 3.05) is 12.8 Å². The Kier molecular flexibility index (Phi) is 4.04. The molecule has 1 aromatic rings. The Labute approximate surface area is 129 Å². The molecule has 1 amide bonds. The fraction of sp³-hybridized carbons (Fsp3) is 0.600. The number of piperidine rings is 2. The van der Waals surface area contributed by atoms with E-state index in [9.17, 15) is 4.79 Å². The standard InChI is InChI=1S/C15H21ClN4O/c1-20-10-3-2-4-11(20)8-9(7-10)18-15(21)14-12(16)5-6-13(17)19-14/h5-6,9-11H,2-4,7-8H2,1H3,(H2,17,19)(H,18,21). The monoisotopic (exact) mass is 308 g/mol. The molecule has 0 saturated carbocycles. The number of aromatic nitrogens is 1. The van der Waals surface area contributed by atoms with Crippen LogP contribution in [0.2, 0.25) is 5.02 Å². The number of nitrogens with zero attached hydrogens (tertiary/aromatic N) is 2. The van der Waals surface area contributed by atoms with E-state index in [-0.39, 0.29) is 17.6 Å². The molecule has 21 heavy (non-hydrogen) atoms. The van der Waals surface area contributed by atoms with E-state index in [1.165, 1.54) is 19.3 Å². The highest BCUT2D eigenvalue weighted by atomic mass is 35.5. The number of hydrogen-bond acceptors (Lipinski definition) is 4. The largest absolute Gasteiger partial charge is 0.384 e. The maximum Gasteiger partial charge on any atom is 0.271 e. The van der Waals surface area contributed by atoms with Crippen LogP contribution in [-0.4, -0.2) is 41.0 Å². The van der Waals surface area contributed by atoms with Crippen LogP contribution >= 0.6 is 11.6 Å². The van der Waals surface area contributed by atoms with Gasteiger partial charge in [0.05, 0.1) is 5.02 Å². The molecule has 3 N–H and O–H groups in total. The molecular formula is C15H21ClN4O. The van der Waals surface area contributed by atoms with E-state index in [2.05, 4.69) is 22.2 Å². The van der Waals surface area contributed by atoms with Crippen molar-refractivity contribution in [3.05, 3.63) is 22.8 Å². The number of nitrogens with one attached hydrogen (secondary N) is 1. The molecule has 2 unspecified atom stereocenters. The maximum absolute atomic E-state index is 12.4. The Morgan fingerprint density at radius 2 is 2.05 bits per heavy atom. The molecular weight excluding hydrogens is 288 g/mol. The van der Waals surface area contributed by atoms with E-state index in [1.54, 1.807) is 12.1 Å². The fourth-order valence-corrected chi connectivity index (χ4v) is 3.79. The summed E-state index contributed by atoms with van der Waals surface area (Å²) in [5.41, 5.74) is 5.86. The third kappa shape index (κ3) is 2.99. The number of hydrogen-bond donors (Lipinski definition) is 2. The SMILES string of the molecule is CN1C2CCCC1CC(NC(=O)c1nc(N)ccc1Cl)C2. The van der Waals surface area contributed by atoms with Crippen LogP contribution in [0.5, 0.6) is 0 Å². The molecule has 2 atom stereocenters. The Balaban J connectivity index is 1.69. The highest BCUT2D eigenvalue weighted by molar-refractivity contribution is 6.33. The Morgan fingerprint density at radius 1 is 1.38 bits per heavy atom. The van der Waals surface area contributed by atoms with Gasteiger partial charge in [-0.05, 0) is 44.9 Å². The number of pyridine rings is 1. The van der Waals surface area contributed by atoms with E-state index < -0.39 is 0 Å². The van der Waals surface area contributed by atoms with Crippen molar-refractivity contribution in [1.82, 2.24) is 15.2 Å². The average Bonchev–Trinajstić information content (AvgIpc) is 2.42. The molecule has 0 aliphatic carbocycles. The second-order valence-corrected chi connectivity index (χ2v) is 6.52. The number of halogens is 1. The van der Waals surface area contributed by atoms with Gasteiger partial charge in [0.25, 0.3) is 5.91 Å². The quantitative estimate of drug-likeness (QED) is 0.877. The first-order valence-corrected chi connectivity index (χ1v) is 7.87. The highest BCUT2D eigenvalue weighted by Crippen LogP contribution is 2.32. The van der Waals surface area contributed by atoms with Gasteiger partial charge in [-0.1, -0.05) is 18.0 Å². The first kappa shape index (κ1) is 14.6. The third-order valence-electron chi connectivity index (χ3n) is 4.76. The lowest BCUT2D eigenvalue weighted by atomic mass is 9.82. The minimum absolute atomic E-state index is 0.197. The van der Waals surface area contributed by atoms with E-state index in [4.69, 9.17) is 17.3 Å². The van der Waals surface area contributed by atoms with E-state index >= 15 is 0 Å². The van der Waals surface area contributed by atoms with Gasteiger partial charge in [0, 0.05) is 18.1 Å². The van der Waals surface area contributed by atoms with Gasteiger partial charge in [-0.25, -0.2) is 4.98 Å². The molecule has 5 nitrogen and oxygen atoms in total. The highest BCUT2D eigenvalue weighted by Gasteiger charge is 2.36. The van der Waals surface area contributed by atoms with Crippen LogP contribution in [0.25, 0.3) is 0 Å². The number of amides is 1. The summed E-state index contributed by atoms with van der Waals surface area (Å²) >= 11 is 6.04. The van der Waals surface area contributed by atoms with Crippen molar-refractivity contribution >= 4 is 23.3 Å². The number of carbonyl (C=O) groups is 1. The zero-order valence-corrected chi connectivity index (χ0v) is 12.9. The van der Waals surface area contributed by atoms with Gasteiger partial charge in [0.15, 0.2) is 0 Å². The first-order chi connectivity index (χ1) is 10.0. The summed E-state index contributed by atoms with van der Waals surface area (Å²) in [6, 6.07) is 4.56. The van der Waals surface area contributed by atoms with Gasteiger partial charge < -0.3 is 16.0 Å². The summed E-state index contributed by atoms with van der Waals surface area (Å²) in [6.07, 6.45) is 5.73. The molecule has 0 spiro atoms. The molecule has 2 saturated heterocycles. The molecule has 0 radical (unpaired) electrons. The van der Waals surface area contributed by atoms with Gasteiger partial charge in [-0.2, -0.15) is 0 Å². The van der Waals surface area contributed by atoms with Crippen molar-refractivity contribution in [3.63, 3.8) is 0 Å². The van der Waals surface area contributed by atoms with Crippen LogP contribution in [0.3, 0.4) is 0 Å². The van der Waals surface area contributed by atoms with Crippen LogP contribution in [0.4, 0.5) is 5.82 Å². The van der Waals surface area contributed by atoms with Crippen LogP contribution in [-0.2, 0) is 0 Å². The summed E-state index contributed by atoms with van der Waals surface area (Å²) in [6.45, 7) is 0. The van der Waals surface area contributed by atoms with Crippen LogP contribution in [0, 0.1) is 0 Å². The molecule has 0 aromatic carbocycles. The molecule has 2 aliphatic rings. The van der Waals surface area contributed by atoms with Crippen LogP contribution < -0.4 is 11.1 Å². The zero-order chi connectivity index (χ0) is 15.0. The van der Waals surface area contributed by atoms with Gasteiger partial charge >= 0.3 is 0 Å². The van der Waals surface area contributed by atoms with Crippen molar-refractivity contribution in [3.8, 4) is 0 Å². The smallest absolute Gasteiger partial charge is 0.271 e. The number of carbonyl (C=O) groups excluding carboxylic acids is 1. The van der Waals surface area contributed by atoms with Gasteiger partial charge in [0.2, 0.25) is 0 Å². The summed E-state index contributed by atoms with van der Waals surface area (Å²) in [7, 11) is 2.20. The lowest BCUT2D eigenvalue weighted by molar-refractivity contribution is 0.0462. The number of anilines is 1. The molecule has 2 bridgehead atoms. The average molecular weight is 309 g/mol. The van der Waals surface area contributed by atoms with Gasteiger partial charge in [-0.3, -0.25) is 4.79 Å². The molecule has 1 aromatic heterocycles. The second-order valence-electron chi connectivity index (χ2n) is 6.11. The van der Waals surface area contributed by atoms with Crippen molar-refractivity contribution in [2.24, 2.45) is 0 Å². The minimum Gasteiger partial charge on any atom is -0.384 e. The molecule has 6 heteroatoms. The van der Waals surface area contributed by atoms with Crippen molar-refractivity contribution < 1.29 is 4.79 Å². The van der Waals surface area contributed by atoms with Gasteiger partial charge in [-0.15, -0.1) is 0 Å². The summed E-state index contributed by atoms with van der Waals surface area (Å²) in [5.74, 6) is 0.0877. The normalized spacial score (nSPS) is 29.1. The minimum atomic E-state index is -0.222. The molecule has 114 valence electrons. The molecule has 3 rings (SSSR count). The third-order valence-corrected chi connectivity index (χ3v) is 5.06. The number of fused-ring (bicyclic) bond motifs is 2. The van der Waals surface area contributed by atoms with E-state index in [0.29, 0.717) is 22.9 Å². The summed E-state index contributed by atoms with van der Waals surface area (Å²) in [5, 5.41) is 3.43. The summed E-state index contributed by atoms with van der Waals surface area (Å²) in [4.78, 5) is 18.9. The Morgan fingerprint density at radius 3 is 2.71 bits per heavy atom. The van der Waals surface area contributed by atoms with Crippen LogP contribution in [0.1, 0.15) is 42.6 Å². The predicted molar refractivity (Wildman–Crippen MR) is 83.3 cm³/mol. The van der Waals surface area contributed by atoms with E-state index in [1.807, 2.05) is 0 Å². The Hall–Kier alpha value is -1.33. The maximum atomic E-state index is 12.4. The second kappa shape index (κ2) is 5.81. The molecule has 2 fully saturated rings.